The van der Waals surface area contributed by atoms with Crippen LogP contribution in [0.2, 0.25) is 0 Å². The van der Waals surface area contributed by atoms with Gasteiger partial charge in [-0.15, -0.1) is 0 Å². The quantitative estimate of drug-likeness (QED) is 0.893. The highest BCUT2D eigenvalue weighted by atomic mass is 16.5. The summed E-state index contributed by atoms with van der Waals surface area (Å²) in [6.45, 7) is 4.11. The molecule has 0 fully saturated rings. The molecule has 0 aliphatic carbocycles. The molecule has 1 aliphatic rings. The second-order valence-corrected chi connectivity index (χ2v) is 4.76. The summed E-state index contributed by atoms with van der Waals surface area (Å²) in [4.78, 5) is 12.9. The number of fused-ring (bicyclic) bond motifs is 1. The molecular formula is C14H19NO3. The van der Waals surface area contributed by atoms with Gasteiger partial charge in [-0.25, -0.2) is 0 Å². The monoisotopic (exact) mass is 249 g/mol. The summed E-state index contributed by atoms with van der Waals surface area (Å²) in [6, 6.07) is 6.13. The average molecular weight is 249 g/mol. The van der Waals surface area contributed by atoms with Crippen molar-refractivity contribution < 1.29 is 14.6 Å². The van der Waals surface area contributed by atoms with E-state index in [4.69, 9.17) is 9.84 Å². The van der Waals surface area contributed by atoms with Gasteiger partial charge >= 0.3 is 5.97 Å². The fraction of sp³-hybridized carbons (Fsp3) is 0.500. The van der Waals surface area contributed by atoms with Gasteiger partial charge in [0.1, 0.15) is 11.9 Å². The number of carboxylic acids is 1. The number of hydrogen-bond acceptors (Lipinski definition) is 3. The van der Waals surface area contributed by atoms with E-state index in [1.807, 2.05) is 26.1 Å². The molecule has 2 atom stereocenters. The first kappa shape index (κ1) is 12.7. The number of aliphatic carboxylic acids is 1. The molecule has 1 aromatic carbocycles. The maximum atomic E-state index is 10.8. The molecular weight excluding hydrogens is 230 g/mol. The van der Waals surface area contributed by atoms with E-state index >= 15 is 0 Å². The summed E-state index contributed by atoms with van der Waals surface area (Å²) in [5.74, 6) is -0.0482. The minimum absolute atomic E-state index is 0.0282. The molecule has 0 amide bonds. The zero-order valence-electron chi connectivity index (χ0n) is 11.0. The molecule has 0 saturated heterocycles. The lowest BCUT2D eigenvalue weighted by atomic mass is 10.0. The summed E-state index contributed by atoms with van der Waals surface area (Å²) in [7, 11) is 1.99. The molecule has 0 bridgehead atoms. The van der Waals surface area contributed by atoms with E-state index < -0.39 is 5.97 Å². The minimum Gasteiger partial charge on any atom is -0.486 e. The lowest BCUT2D eigenvalue weighted by Gasteiger charge is -2.39. The number of nitrogens with zero attached hydrogens (tertiary/aromatic N) is 1. The highest BCUT2D eigenvalue weighted by Crippen LogP contribution is 2.36. The Morgan fingerprint density at radius 1 is 1.50 bits per heavy atom. The molecule has 2 rings (SSSR count). The summed E-state index contributed by atoms with van der Waals surface area (Å²) >= 11 is 0. The number of likely N-dealkylation sites (N-methyl/N-ethyl adjacent to an activating group) is 1. The van der Waals surface area contributed by atoms with Crippen LogP contribution >= 0.6 is 0 Å². The van der Waals surface area contributed by atoms with Crippen molar-refractivity contribution in [2.24, 2.45) is 0 Å². The van der Waals surface area contributed by atoms with Gasteiger partial charge in [0.25, 0.3) is 0 Å². The largest absolute Gasteiger partial charge is 0.486 e. The highest BCUT2D eigenvalue weighted by Gasteiger charge is 2.32. The predicted molar refractivity (Wildman–Crippen MR) is 70.4 cm³/mol. The SMILES string of the molecule is CCc1ccc2c(c1)N(C)C(C)C(CC(=O)O)O2. The van der Waals surface area contributed by atoms with E-state index in [9.17, 15) is 4.79 Å². The fourth-order valence-electron chi connectivity index (χ4n) is 2.27. The zero-order valence-corrected chi connectivity index (χ0v) is 11.0. The molecule has 18 heavy (non-hydrogen) atoms. The summed E-state index contributed by atoms with van der Waals surface area (Å²) in [5, 5.41) is 8.90. The Labute approximate surface area is 107 Å². The van der Waals surface area contributed by atoms with Crippen LogP contribution < -0.4 is 9.64 Å². The number of anilines is 1. The van der Waals surface area contributed by atoms with Gasteiger partial charge < -0.3 is 14.7 Å². The molecule has 0 aromatic heterocycles. The van der Waals surface area contributed by atoms with Crippen molar-refractivity contribution in [1.29, 1.82) is 0 Å². The maximum Gasteiger partial charge on any atom is 0.307 e. The first-order chi connectivity index (χ1) is 8.52. The normalized spacial score (nSPS) is 22.3. The third kappa shape index (κ3) is 2.28. The average Bonchev–Trinajstić information content (AvgIpc) is 2.35. The van der Waals surface area contributed by atoms with Crippen LogP contribution in [-0.2, 0) is 11.2 Å². The van der Waals surface area contributed by atoms with Gasteiger partial charge in [0.05, 0.1) is 18.2 Å². The predicted octanol–water partition coefficient (Wildman–Crippen LogP) is 2.31. The van der Waals surface area contributed by atoms with Crippen LogP contribution in [0.4, 0.5) is 5.69 Å². The number of carbonyl (C=O) groups is 1. The molecule has 98 valence electrons. The lowest BCUT2D eigenvalue weighted by molar-refractivity contribution is -0.139. The second-order valence-electron chi connectivity index (χ2n) is 4.76. The van der Waals surface area contributed by atoms with Crippen LogP contribution in [-0.4, -0.2) is 30.3 Å². The first-order valence-electron chi connectivity index (χ1n) is 6.27. The van der Waals surface area contributed by atoms with Gasteiger partial charge in [0.15, 0.2) is 0 Å². The van der Waals surface area contributed by atoms with Crippen LogP contribution in [0.5, 0.6) is 5.75 Å². The zero-order chi connectivity index (χ0) is 13.3. The Morgan fingerprint density at radius 2 is 2.22 bits per heavy atom. The number of rotatable bonds is 3. The maximum absolute atomic E-state index is 10.8. The van der Waals surface area contributed by atoms with Crippen molar-refractivity contribution in [1.82, 2.24) is 0 Å². The topological polar surface area (TPSA) is 49.8 Å². The van der Waals surface area contributed by atoms with E-state index in [0.717, 1.165) is 17.9 Å². The van der Waals surface area contributed by atoms with E-state index in [-0.39, 0.29) is 18.6 Å². The Kier molecular flexibility index (Phi) is 3.45. The fourth-order valence-corrected chi connectivity index (χ4v) is 2.27. The van der Waals surface area contributed by atoms with E-state index in [0.29, 0.717) is 0 Å². The van der Waals surface area contributed by atoms with Crippen LogP contribution in [0.1, 0.15) is 25.8 Å². The minimum atomic E-state index is -0.825. The molecule has 4 heteroatoms. The van der Waals surface area contributed by atoms with Gasteiger partial charge in [-0.05, 0) is 31.0 Å². The van der Waals surface area contributed by atoms with Gasteiger partial charge in [0, 0.05) is 7.05 Å². The molecule has 0 spiro atoms. The Hall–Kier alpha value is -1.71. The van der Waals surface area contributed by atoms with Crippen LogP contribution in [0.25, 0.3) is 0 Å². The van der Waals surface area contributed by atoms with Crippen molar-refractivity contribution in [2.45, 2.75) is 38.8 Å². The van der Waals surface area contributed by atoms with Gasteiger partial charge in [-0.1, -0.05) is 13.0 Å². The number of aryl methyl sites for hydroxylation is 1. The lowest BCUT2D eigenvalue weighted by Crippen LogP contribution is -2.46. The third-order valence-electron chi connectivity index (χ3n) is 3.61. The molecule has 0 saturated carbocycles. The van der Waals surface area contributed by atoms with Gasteiger partial charge in [-0.3, -0.25) is 4.79 Å². The van der Waals surface area contributed by atoms with Crippen molar-refractivity contribution in [3.05, 3.63) is 23.8 Å². The second kappa shape index (κ2) is 4.88. The van der Waals surface area contributed by atoms with E-state index in [1.165, 1.54) is 5.56 Å². The Balaban J connectivity index is 2.31. The van der Waals surface area contributed by atoms with Crippen molar-refractivity contribution >= 4 is 11.7 Å². The smallest absolute Gasteiger partial charge is 0.307 e. The summed E-state index contributed by atoms with van der Waals surface area (Å²) < 4.78 is 5.80. The molecule has 2 unspecified atom stereocenters. The van der Waals surface area contributed by atoms with Crippen molar-refractivity contribution in [3.63, 3.8) is 0 Å². The van der Waals surface area contributed by atoms with Crippen LogP contribution in [0.3, 0.4) is 0 Å². The van der Waals surface area contributed by atoms with Crippen molar-refractivity contribution in [2.75, 3.05) is 11.9 Å². The third-order valence-corrected chi connectivity index (χ3v) is 3.61. The first-order valence-corrected chi connectivity index (χ1v) is 6.27. The number of carboxylic acid groups (broad SMARTS) is 1. The molecule has 0 radical (unpaired) electrons. The molecule has 1 N–H and O–H groups in total. The highest BCUT2D eigenvalue weighted by molar-refractivity contribution is 5.69. The molecule has 1 heterocycles. The number of ether oxygens (including phenoxy) is 1. The summed E-state index contributed by atoms with van der Waals surface area (Å²) in [6.07, 6.45) is 0.710. The standard InChI is InChI=1S/C14H19NO3/c1-4-10-5-6-12-11(7-10)15(3)9(2)13(18-12)8-14(16)17/h5-7,9,13H,4,8H2,1-3H3,(H,16,17). The molecule has 1 aromatic rings. The van der Waals surface area contributed by atoms with Gasteiger partial charge in [0.2, 0.25) is 0 Å². The Morgan fingerprint density at radius 3 is 2.83 bits per heavy atom. The molecule has 4 nitrogen and oxygen atoms in total. The molecule has 1 aliphatic heterocycles. The van der Waals surface area contributed by atoms with E-state index in [2.05, 4.69) is 17.9 Å². The number of benzene rings is 1. The van der Waals surface area contributed by atoms with Gasteiger partial charge in [-0.2, -0.15) is 0 Å². The van der Waals surface area contributed by atoms with Crippen LogP contribution in [0, 0.1) is 0 Å². The van der Waals surface area contributed by atoms with Crippen LogP contribution in [0.15, 0.2) is 18.2 Å². The van der Waals surface area contributed by atoms with Crippen molar-refractivity contribution in [3.8, 4) is 5.75 Å². The van der Waals surface area contributed by atoms with E-state index in [1.54, 1.807) is 0 Å². The summed E-state index contributed by atoms with van der Waals surface area (Å²) in [5.41, 5.74) is 2.30. The Bertz CT molecular complexity index is 458. The number of hydrogen-bond donors (Lipinski definition) is 1.